The van der Waals surface area contributed by atoms with Crippen LogP contribution in [0.15, 0.2) is 66.7 Å². The van der Waals surface area contributed by atoms with Crippen molar-refractivity contribution in [1.82, 2.24) is 29.5 Å². The summed E-state index contributed by atoms with van der Waals surface area (Å²) >= 11 is 0. The molecule has 9 nitrogen and oxygen atoms in total. The van der Waals surface area contributed by atoms with E-state index in [1.165, 1.54) is 0 Å². The molecule has 3 aromatic heterocycles. The van der Waals surface area contributed by atoms with Crippen molar-refractivity contribution in [2.75, 3.05) is 18.4 Å². The van der Waals surface area contributed by atoms with Crippen molar-refractivity contribution in [2.24, 2.45) is 5.92 Å². The number of anilines is 1. The number of fused-ring (bicyclic) bond motifs is 2. The maximum Gasteiger partial charge on any atom is 0.253 e. The van der Waals surface area contributed by atoms with E-state index in [1.807, 2.05) is 71.6 Å². The van der Waals surface area contributed by atoms with Gasteiger partial charge in [-0.15, -0.1) is 5.10 Å². The first kappa shape index (κ1) is 22.7. The van der Waals surface area contributed by atoms with Crippen molar-refractivity contribution in [1.29, 1.82) is 0 Å². The van der Waals surface area contributed by atoms with Crippen LogP contribution in [0.3, 0.4) is 0 Å². The molecule has 0 bridgehead atoms. The molecular weight excluding hydrogens is 478 g/mol. The fourth-order valence-electron chi connectivity index (χ4n) is 5.22. The molecule has 38 heavy (non-hydrogen) atoms. The van der Waals surface area contributed by atoms with Crippen LogP contribution in [0.2, 0.25) is 0 Å². The third kappa shape index (κ3) is 4.19. The van der Waals surface area contributed by atoms with Crippen LogP contribution < -0.4 is 5.32 Å². The highest BCUT2D eigenvalue weighted by Crippen LogP contribution is 2.31. The van der Waals surface area contributed by atoms with Crippen molar-refractivity contribution < 1.29 is 9.59 Å². The van der Waals surface area contributed by atoms with Gasteiger partial charge in [-0.3, -0.25) is 14.9 Å². The van der Waals surface area contributed by atoms with Gasteiger partial charge in [0, 0.05) is 36.1 Å². The first-order valence-electron chi connectivity index (χ1n) is 13.1. The van der Waals surface area contributed by atoms with Crippen LogP contribution in [0.5, 0.6) is 0 Å². The highest BCUT2D eigenvalue weighted by molar-refractivity contribution is 5.95. The zero-order valence-electron chi connectivity index (χ0n) is 20.8. The van der Waals surface area contributed by atoms with Crippen molar-refractivity contribution in [3.05, 3.63) is 78.1 Å². The third-order valence-corrected chi connectivity index (χ3v) is 7.55. The molecule has 0 unspecified atom stereocenters. The van der Waals surface area contributed by atoms with E-state index in [0.717, 1.165) is 53.8 Å². The number of nitrogens with zero attached hydrogens (tertiary/aromatic N) is 5. The molecule has 2 aliphatic rings. The van der Waals surface area contributed by atoms with Gasteiger partial charge < -0.3 is 9.88 Å². The Morgan fingerprint density at radius 2 is 1.66 bits per heavy atom. The van der Waals surface area contributed by atoms with Gasteiger partial charge in [-0.05, 0) is 62.1 Å². The second kappa shape index (κ2) is 9.09. The molecule has 9 heteroatoms. The van der Waals surface area contributed by atoms with Gasteiger partial charge in [-0.1, -0.05) is 30.3 Å². The highest BCUT2D eigenvalue weighted by atomic mass is 16.2. The lowest BCUT2D eigenvalue weighted by Crippen LogP contribution is -2.38. The average Bonchev–Trinajstić information content (AvgIpc) is 3.59. The maximum absolute atomic E-state index is 13.2. The number of piperidine rings is 1. The Kier molecular flexibility index (Phi) is 5.42. The van der Waals surface area contributed by atoms with E-state index >= 15 is 0 Å². The average molecular weight is 506 g/mol. The molecule has 0 radical (unpaired) electrons. The molecule has 1 saturated heterocycles. The number of pyridine rings is 1. The Bertz CT molecular complexity index is 1620. The number of hydrogen-bond donors (Lipinski definition) is 2. The molecular formula is C29H27N7O2. The normalized spacial score (nSPS) is 16.3. The minimum Gasteiger partial charge on any atom is -0.342 e. The predicted octanol–water partition coefficient (Wildman–Crippen LogP) is 4.64. The van der Waals surface area contributed by atoms with E-state index in [-0.39, 0.29) is 17.7 Å². The number of likely N-dealkylation sites (tertiary alicyclic amines) is 1. The Balaban J connectivity index is 1.04. The number of carbonyl (C=O) groups excluding carboxylic acids is 2. The summed E-state index contributed by atoms with van der Waals surface area (Å²) in [5.41, 5.74) is 5.12. The van der Waals surface area contributed by atoms with Crippen molar-refractivity contribution in [3.8, 4) is 11.3 Å². The van der Waals surface area contributed by atoms with E-state index in [1.54, 1.807) is 4.52 Å². The monoisotopic (exact) mass is 505 g/mol. The second-order valence-electron chi connectivity index (χ2n) is 10.2. The first-order valence-corrected chi connectivity index (χ1v) is 13.1. The molecule has 2 fully saturated rings. The smallest absolute Gasteiger partial charge is 0.253 e. The van der Waals surface area contributed by atoms with E-state index < -0.39 is 0 Å². The van der Waals surface area contributed by atoms with Gasteiger partial charge in [0.2, 0.25) is 11.9 Å². The van der Waals surface area contributed by atoms with Crippen LogP contribution in [0.1, 0.15) is 47.8 Å². The lowest BCUT2D eigenvalue weighted by Gasteiger charge is -2.31. The molecule has 7 rings (SSSR count). The summed E-state index contributed by atoms with van der Waals surface area (Å²) in [5.74, 6) is 1.76. The van der Waals surface area contributed by atoms with Gasteiger partial charge in [-0.25, -0.2) is 9.50 Å². The Labute approximate surface area is 218 Å². The molecule has 0 atom stereocenters. The SMILES string of the molecule is O=C(Nc1nc2cccc(-c3ccc(C(=O)N4CCC(c5nc6ccccc6[nH]5)CC4)cc3)n2n1)C1CC1. The van der Waals surface area contributed by atoms with Crippen LogP contribution in [0.25, 0.3) is 27.9 Å². The third-order valence-electron chi connectivity index (χ3n) is 7.55. The molecule has 2 amide bonds. The van der Waals surface area contributed by atoms with Gasteiger partial charge in [0.1, 0.15) is 5.82 Å². The summed E-state index contributed by atoms with van der Waals surface area (Å²) in [7, 11) is 0. The van der Waals surface area contributed by atoms with Crippen LogP contribution in [0.4, 0.5) is 5.95 Å². The van der Waals surface area contributed by atoms with Crippen LogP contribution in [0, 0.1) is 5.92 Å². The molecule has 0 spiro atoms. The number of amides is 2. The lowest BCUT2D eigenvalue weighted by molar-refractivity contribution is -0.117. The van der Waals surface area contributed by atoms with Gasteiger partial charge in [0.05, 0.1) is 16.7 Å². The summed E-state index contributed by atoms with van der Waals surface area (Å²) in [4.78, 5) is 40.0. The number of benzene rings is 2. The first-order chi connectivity index (χ1) is 18.6. The number of aromatic amines is 1. The fraction of sp³-hybridized carbons (Fsp3) is 0.276. The van der Waals surface area contributed by atoms with Crippen LogP contribution >= 0.6 is 0 Å². The highest BCUT2D eigenvalue weighted by Gasteiger charge is 2.30. The zero-order chi connectivity index (χ0) is 25.6. The Hall–Kier alpha value is -4.53. The summed E-state index contributed by atoms with van der Waals surface area (Å²) < 4.78 is 1.72. The van der Waals surface area contributed by atoms with Crippen molar-refractivity contribution >= 4 is 34.4 Å². The number of aromatic nitrogens is 5. The number of imidazole rings is 1. The van der Waals surface area contributed by atoms with E-state index in [0.29, 0.717) is 36.2 Å². The number of para-hydroxylation sites is 2. The molecule has 2 aromatic carbocycles. The molecule has 1 aliphatic carbocycles. The van der Waals surface area contributed by atoms with Crippen LogP contribution in [-0.4, -0.2) is 54.4 Å². The molecule has 1 aliphatic heterocycles. The molecule has 2 N–H and O–H groups in total. The molecule has 5 aromatic rings. The topological polar surface area (TPSA) is 108 Å². The van der Waals surface area contributed by atoms with Crippen molar-refractivity contribution in [3.63, 3.8) is 0 Å². The second-order valence-corrected chi connectivity index (χ2v) is 10.2. The number of hydrogen-bond acceptors (Lipinski definition) is 5. The quantitative estimate of drug-likeness (QED) is 0.362. The zero-order valence-corrected chi connectivity index (χ0v) is 20.8. The van der Waals surface area contributed by atoms with E-state index in [2.05, 4.69) is 20.4 Å². The summed E-state index contributed by atoms with van der Waals surface area (Å²) in [6.45, 7) is 1.41. The largest absolute Gasteiger partial charge is 0.342 e. The van der Waals surface area contributed by atoms with Gasteiger partial charge in [-0.2, -0.15) is 4.98 Å². The molecule has 190 valence electrons. The van der Waals surface area contributed by atoms with Crippen LogP contribution in [-0.2, 0) is 4.79 Å². The summed E-state index contributed by atoms with van der Waals surface area (Å²) in [6, 6.07) is 21.4. The standard InChI is InChI=1S/C29H27N7O2/c37-27(20-10-11-20)33-29-32-25-7-3-6-24(36(25)34-29)18-8-12-21(13-9-18)28(38)35-16-14-19(15-17-35)26-30-22-4-1-2-5-23(22)31-26/h1-9,12-13,19-20H,10-11,14-17H2,(H,30,31)(H,33,34,37). The minimum absolute atomic E-state index is 0.0213. The number of nitrogens with one attached hydrogen (secondary N) is 2. The van der Waals surface area contributed by atoms with Gasteiger partial charge >= 0.3 is 0 Å². The molecule has 4 heterocycles. The molecule has 1 saturated carbocycles. The lowest BCUT2D eigenvalue weighted by atomic mass is 9.95. The summed E-state index contributed by atoms with van der Waals surface area (Å²) in [6.07, 6.45) is 3.62. The van der Waals surface area contributed by atoms with Crippen molar-refractivity contribution in [2.45, 2.75) is 31.6 Å². The number of H-pyrrole nitrogens is 1. The van der Waals surface area contributed by atoms with Gasteiger partial charge in [0.15, 0.2) is 5.65 Å². The van der Waals surface area contributed by atoms with Gasteiger partial charge in [0.25, 0.3) is 5.91 Å². The maximum atomic E-state index is 13.2. The number of rotatable bonds is 5. The fourth-order valence-corrected chi connectivity index (χ4v) is 5.22. The Morgan fingerprint density at radius 1 is 0.868 bits per heavy atom. The number of carbonyl (C=O) groups is 2. The predicted molar refractivity (Wildman–Crippen MR) is 144 cm³/mol. The van der Waals surface area contributed by atoms with E-state index in [9.17, 15) is 9.59 Å². The Morgan fingerprint density at radius 3 is 2.42 bits per heavy atom. The minimum atomic E-state index is -0.0213. The summed E-state index contributed by atoms with van der Waals surface area (Å²) in [5, 5.41) is 7.32. The van der Waals surface area contributed by atoms with E-state index in [4.69, 9.17) is 4.98 Å².